The molecular weight excluding hydrogens is 470 g/mol. The fraction of sp³-hybridized carbons (Fsp3) is 0.233. The van der Waals surface area contributed by atoms with Gasteiger partial charge in [-0.1, -0.05) is 57.2 Å². The lowest BCUT2D eigenvalue weighted by atomic mass is 9.85. The molecule has 2 N–H and O–H groups in total. The number of aliphatic hydroxyl groups excluding tert-OH is 1. The maximum absolute atomic E-state index is 13.3. The Morgan fingerprint density at radius 2 is 1.43 bits per heavy atom. The van der Waals surface area contributed by atoms with E-state index in [1.54, 1.807) is 36.4 Å². The molecule has 1 unspecified atom stereocenters. The molecule has 190 valence electrons. The number of methoxy groups -OCH3 is 1. The van der Waals surface area contributed by atoms with E-state index in [4.69, 9.17) is 4.74 Å². The van der Waals surface area contributed by atoms with E-state index >= 15 is 0 Å². The molecule has 0 spiro atoms. The van der Waals surface area contributed by atoms with E-state index in [2.05, 4.69) is 20.8 Å². The van der Waals surface area contributed by atoms with E-state index in [0.29, 0.717) is 22.4 Å². The Balaban J connectivity index is 1.82. The maximum Gasteiger partial charge on any atom is 0.335 e. The highest BCUT2D eigenvalue weighted by Gasteiger charge is 2.46. The van der Waals surface area contributed by atoms with E-state index < -0.39 is 23.7 Å². The van der Waals surface area contributed by atoms with Gasteiger partial charge in [-0.25, -0.2) is 4.79 Å². The highest BCUT2D eigenvalue weighted by molar-refractivity contribution is 6.46. The van der Waals surface area contributed by atoms with Crippen LogP contribution in [0.25, 0.3) is 5.76 Å². The van der Waals surface area contributed by atoms with E-state index in [0.717, 1.165) is 5.56 Å². The minimum atomic E-state index is -1.05. The summed E-state index contributed by atoms with van der Waals surface area (Å²) in [7, 11) is 1.53. The molecule has 7 nitrogen and oxygen atoms in total. The topological polar surface area (TPSA) is 104 Å². The van der Waals surface area contributed by atoms with Crippen LogP contribution < -0.4 is 4.74 Å². The fourth-order valence-corrected chi connectivity index (χ4v) is 4.41. The number of aromatic carboxylic acids is 1. The van der Waals surface area contributed by atoms with Gasteiger partial charge in [-0.2, -0.15) is 0 Å². The van der Waals surface area contributed by atoms with Gasteiger partial charge in [0, 0.05) is 12.1 Å². The van der Waals surface area contributed by atoms with Crippen LogP contribution in [-0.4, -0.2) is 39.9 Å². The lowest BCUT2D eigenvalue weighted by Gasteiger charge is -2.26. The van der Waals surface area contributed by atoms with Crippen molar-refractivity contribution in [1.29, 1.82) is 0 Å². The zero-order valence-corrected chi connectivity index (χ0v) is 21.2. The summed E-state index contributed by atoms with van der Waals surface area (Å²) in [5.74, 6) is -2.24. The second-order valence-corrected chi connectivity index (χ2v) is 10.0. The summed E-state index contributed by atoms with van der Waals surface area (Å²) in [6, 6.07) is 19.6. The van der Waals surface area contributed by atoms with Crippen molar-refractivity contribution in [3.05, 3.63) is 106 Å². The van der Waals surface area contributed by atoms with Crippen LogP contribution in [-0.2, 0) is 21.5 Å². The summed E-state index contributed by atoms with van der Waals surface area (Å²) < 4.78 is 5.18. The van der Waals surface area contributed by atoms with Crippen molar-refractivity contribution in [3.63, 3.8) is 0 Å². The fourth-order valence-electron chi connectivity index (χ4n) is 4.41. The van der Waals surface area contributed by atoms with Crippen LogP contribution in [0.15, 0.2) is 78.4 Å². The molecule has 4 rings (SSSR count). The Bertz CT molecular complexity index is 1360. The third kappa shape index (κ3) is 5.11. The Morgan fingerprint density at radius 1 is 0.865 bits per heavy atom. The average Bonchev–Trinajstić information content (AvgIpc) is 3.13. The van der Waals surface area contributed by atoms with Crippen LogP contribution in [0.5, 0.6) is 5.75 Å². The molecule has 1 amide bonds. The molecule has 3 aromatic rings. The number of carboxylic acids is 1. The molecule has 3 aromatic carbocycles. The normalized spacial score (nSPS) is 17.2. The predicted octanol–water partition coefficient (Wildman–Crippen LogP) is 5.31. The number of carbonyl (C=O) groups is 3. The molecule has 1 heterocycles. The van der Waals surface area contributed by atoms with Gasteiger partial charge in [0.2, 0.25) is 0 Å². The van der Waals surface area contributed by atoms with Crippen molar-refractivity contribution >= 4 is 23.4 Å². The van der Waals surface area contributed by atoms with Crippen LogP contribution in [0.1, 0.15) is 59.4 Å². The van der Waals surface area contributed by atoms with Gasteiger partial charge < -0.3 is 19.8 Å². The standard InChI is InChI=1S/C30H29NO6/c1-30(2,3)22-13-9-19(10-14-22)25-24(26(32)20-11-15-23(37-4)16-12-20)27(33)28(34)31(25)17-18-5-7-21(8-6-18)29(35)36/h5-16,25,32H,17H2,1-4H3,(H,35,36)/b26-24+. The van der Waals surface area contributed by atoms with Crippen LogP contribution in [0, 0.1) is 0 Å². The number of carboxylic acid groups (broad SMARTS) is 1. The number of carbonyl (C=O) groups excluding carboxylic acids is 2. The summed E-state index contributed by atoms with van der Waals surface area (Å²) in [5.41, 5.74) is 2.86. The number of rotatable bonds is 6. The smallest absolute Gasteiger partial charge is 0.335 e. The van der Waals surface area contributed by atoms with Crippen LogP contribution in [0.4, 0.5) is 0 Å². The predicted molar refractivity (Wildman–Crippen MR) is 139 cm³/mol. The highest BCUT2D eigenvalue weighted by atomic mass is 16.5. The van der Waals surface area contributed by atoms with Gasteiger partial charge in [-0.15, -0.1) is 0 Å². The second-order valence-electron chi connectivity index (χ2n) is 10.0. The van der Waals surface area contributed by atoms with Crippen molar-refractivity contribution in [2.75, 3.05) is 7.11 Å². The van der Waals surface area contributed by atoms with E-state index in [1.165, 1.54) is 24.1 Å². The molecule has 37 heavy (non-hydrogen) atoms. The number of likely N-dealkylation sites (tertiary alicyclic amines) is 1. The summed E-state index contributed by atoms with van der Waals surface area (Å²) in [6.45, 7) is 6.35. The SMILES string of the molecule is COc1ccc(/C(O)=C2\C(=O)C(=O)N(Cc3ccc(C(=O)O)cc3)C2c2ccc(C(C)(C)C)cc2)cc1. The Labute approximate surface area is 215 Å². The first-order valence-corrected chi connectivity index (χ1v) is 11.9. The number of ether oxygens (including phenoxy) is 1. The Morgan fingerprint density at radius 3 is 1.95 bits per heavy atom. The number of nitrogens with zero attached hydrogens (tertiary/aromatic N) is 1. The van der Waals surface area contributed by atoms with E-state index in [-0.39, 0.29) is 28.9 Å². The van der Waals surface area contributed by atoms with Gasteiger partial charge in [0.25, 0.3) is 11.7 Å². The van der Waals surface area contributed by atoms with Crippen molar-refractivity contribution in [3.8, 4) is 5.75 Å². The monoisotopic (exact) mass is 499 g/mol. The third-order valence-corrected chi connectivity index (χ3v) is 6.55. The number of Topliss-reactive ketones (excluding diaryl/α,β-unsaturated/α-hetero) is 1. The number of aliphatic hydroxyl groups is 1. The average molecular weight is 500 g/mol. The molecule has 0 bridgehead atoms. The first kappa shape index (κ1) is 25.7. The van der Waals surface area contributed by atoms with E-state index in [1.807, 2.05) is 24.3 Å². The van der Waals surface area contributed by atoms with Crippen LogP contribution >= 0.6 is 0 Å². The minimum absolute atomic E-state index is 0.000770. The molecule has 0 saturated carbocycles. The van der Waals surface area contributed by atoms with Crippen LogP contribution in [0.3, 0.4) is 0 Å². The molecule has 0 aliphatic carbocycles. The van der Waals surface area contributed by atoms with Gasteiger partial charge in [0.05, 0.1) is 24.3 Å². The molecule has 1 atom stereocenters. The van der Waals surface area contributed by atoms with Gasteiger partial charge in [0.1, 0.15) is 11.5 Å². The van der Waals surface area contributed by atoms with Gasteiger partial charge in [-0.05, 0) is 58.5 Å². The maximum atomic E-state index is 13.3. The zero-order chi connectivity index (χ0) is 26.9. The molecule has 1 aliphatic heterocycles. The van der Waals surface area contributed by atoms with Gasteiger partial charge in [-0.3, -0.25) is 9.59 Å². The van der Waals surface area contributed by atoms with Crippen molar-refractivity contribution in [2.45, 2.75) is 38.8 Å². The summed E-state index contributed by atoms with van der Waals surface area (Å²) in [6.07, 6.45) is 0. The Hall–Kier alpha value is -4.39. The Kier molecular flexibility index (Phi) is 6.90. The quantitative estimate of drug-likeness (QED) is 0.271. The van der Waals surface area contributed by atoms with Crippen molar-refractivity contribution in [2.24, 2.45) is 0 Å². The molecule has 1 aliphatic rings. The highest BCUT2D eigenvalue weighted by Crippen LogP contribution is 2.41. The summed E-state index contributed by atoms with van der Waals surface area (Å²) in [5, 5.41) is 20.4. The van der Waals surface area contributed by atoms with Gasteiger partial charge in [0.15, 0.2) is 0 Å². The minimum Gasteiger partial charge on any atom is -0.507 e. The molecular formula is C30H29NO6. The second kappa shape index (κ2) is 9.93. The van der Waals surface area contributed by atoms with Crippen molar-refractivity contribution < 1.29 is 29.3 Å². The lowest BCUT2D eigenvalue weighted by Crippen LogP contribution is -2.29. The largest absolute Gasteiger partial charge is 0.507 e. The molecule has 1 saturated heterocycles. The van der Waals surface area contributed by atoms with E-state index in [9.17, 15) is 24.6 Å². The molecule has 1 fully saturated rings. The summed E-state index contributed by atoms with van der Waals surface area (Å²) in [4.78, 5) is 39.2. The zero-order valence-electron chi connectivity index (χ0n) is 21.2. The van der Waals surface area contributed by atoms with Crippen molar-refractivity contribution in [1.82, 2.24) is 4.90 Å². The van der Waals surface area contributed by atoms with Gasteiger partial charge >= 0.3 is 5.97 Å². The first-order valence-electron chi connectivity index (χ1n) is 11.9. The summed E-state index contributed by atoms with van der Waals surface area (Å²) >= 11 is 0. The first-order chi connectivity index (χ1) is 17.5. The van der Waals surface area contributed by atoms with Crippen LogP contribution in [0.2, 0.25) is 0 Å². The third-order valence-electron chi connectivity index (χ3n) is 6.55. The number of amides is 1. The number of hydrogen-bond acceptors (Lipinski definition) is 5. The lowest BCUT2D eigenvalue weighted by molar-refractivity contribution is -0.140. The number of ketones is 1. The molecule has 0 aromatic heterocycles. The molecule has 7 heteroatoms. The number of benzene rings is 3. The number of hydrogen-bond donors (Lipinski definition) is 2. The molecule has 0 radical (unpaired) electrons.